The first-order valence-electron chi connectivity index (χ1n) is 8.73. The maximum Gasteiger partial charge on any atom is 0.334 e. The van der Waals surface area contributed by atoms with Gasteiger partial charge in [0.05, 0.1) is 13.7 Å². The number of hydrogen-bond acceptors (Lipinski definition) is 4. The number of carbonyl (C=O) groups is 1. The smallest absolute Gasteiger partial charge is 0.334 e. The van der Waals surface area contributed by atoms with E-state index in [0.29, 0.717) is 6.61 Å². The molecular formula is C20H25NO3. The molecule has 1 aliphatic carbocycles. The Kier molecular flexibility index (Phi) is 5.24. The number of hydrogen-bond donors (Lipinski definition) is 0. The van der Waals surface area contributed by atoms with E-state index >= 15 is 0 Å². The van der Waals surface area contributed by atoms with Crippen molar-refractivity contribution < 1.29 is 14.3 Å². The highest BCUT2D eigenvalue weighted by molar-refractivity contribution is 6.01. The molecule has 1 aromatic rings. The maximum atomic E-state index is 12.4. The van der Waals surface area contributed by atoms with Crippen molar-refractivity contribution in [3.05, 3.63) is 47.2 Å². The molecule has 3 rings (SSSR count). The largest absolute Gasteiger partial charge is 0.497 e. The quantitative estimate of drug-likeness (QED) is 0.772. The molecule has 1 fully saturated rings. The first kappa shape index (κ1) is 16.6. The van der Waals surface area contributed by atoms with Gasteiger partial charge in [0, 0.05) is 24.4 Å². The van der Waals surface area contributed by atoms with Gasteiger partial charge in [-0.25, -0.2) is 4.79 Å². The van der Waals surface area contributed by atoms with Crippen LogP contribution in [0.5, 0.6) is 5.75 Å². The SMILES string of the molecule is CCOC(=O)C1=C(c2ccc(OC)cc2)C=C(N2CCCC2)CC1. The van der Waals surface area contributed by atoms with E-state index in [9.17, 15) is 4.79 Å². The number of benzene rings is 1. The molecule has 0 saturated carbocycles. The minimum atomic E-state index is -0.194. The Morgan fingerprint density at radius 3 is 2.46 bits per heavy atom. The van der Waals surface area contributed by atoms with Gasteiger partial charge in [-0.2, -0.15) is 0 Å². The molecule has 0 aromatic heterocycles. The second-order valence-corrected chi connectivity index (χ2v) is 6.17. The Balaban J connectivity index is 1.98. The summed E-state index contributed by atoms with van der Waals surface area (Å²) in [7, 11) is 1.66. The summed E-state index contributed by atoms with van der Waals surface area (Å²) in [6.07, 6.45) is 6.34. The van der Waals surface area contributed by atoms with Crippen molar-refractivity contribution in [2.75, 3.05) is 26.8 Å². The van der Waals surface area contributed by atoms with Crippen molar-refractivity contribution in [1.82, 2.24) is 4.90 Å². The van der Waals surface area contributed by atoms with Gasteiger partial charge in [-0.1, -0.05) is 12.1 Å². The number of nitrogens with zero attached hydrogens (tertiary/aromatic N) is 1. The summed E-state index contributed by atoms with van der Waals surface area (Å²) in [5.74, 6) is 0.622. The van der Waals surface area contributed by atoms with Gasteiger partial charge in [0.25, 0.3) is 0 Å². The van der Waals surface area contributed by atoms with E-state index in [1.54, 1.807) is 7.11 Å². The number of methoxy groups -OCH3 is 1. The van der Waals surface area contributed by atoms with Crippen LogP contribution in [0.15, 0.2) is 41.6 Å². The van der Waals surface area contributed by atoms with Crippen LogP contribution in [0.4, 0.5) is 0 Å². The van der Waals surface area contributed by atoms with E-state index < -0.39 is 0 Å². The summed E-state index contributed by atoms with van der Waals surface area (Å²) in [4.78, 5) is 14.8. The average molecular weight is 327 g/mol. The Bertz CT molecular complexity index is 652. The number of allylic oxidation sites excluding steroid dienone is 3. The molecule has 0 spiro atoms. The van der Waals surface area contributed by atoms with Gasteiger partial charge in [0.2, 0.25) is 0 Å². The minimum Gasteiger partial charge on any atom is -0.497 e. The molecule has 4 nitrogen and oxygen atoms in total. The standard InChI is InChI=1S/C20H25NO3/c1-3-24-20(22)18-11-8-16(21-12-4-5-13-21)14-19(18)15-6-9-17(23-2)10-7-15/h6-7,9-10,14H,3-5,8,11-13H2,1-2H3. The maximum absolute atomic E-state index is 12.4. The lowest BCUT2D eigenvalue weighted by Gasteiger charge is -2.27. The zero-order valence-electron chi connectivity index (χ0n) is 14.5. The molecule has 128 valence electrons. The summed E-state index contributed by atoms with van der Waals surface area (Å²) >= 11 is 0. The van der Waals surface area contributed by atoms with Gasteiger partial charge in [0.1, 0.15) is 5.75 Å². The predicted molar refractivity (Wildman–Crippen MR) is 94.7 cm³/mol. The van der Waals surface area contributed by atoms with Gasteiger partial charge in [0.15, 0.2) is 0 Å². The van der Waals surface area contributed by atoms with Crippen LogP contribution in [0.1, 0.15) is 38.2 Å². The highest BCUT2D eigenvalue weighted by atomic mass is 16.5. The Morgan fingerprint density at radius 2 is 1.83 bits per heavy atom. The third-order valence-electron chi connectivity index (χ3n) is 4.70. The lowest BCUT2D eigenvalue weighted by molar-refractivity contribution is -0.138. The first-order chi connectivity index (χ1) is 11.7. The number of carbonyl (C=O) groups excluding carboxylic acids is 1. The average Bonchev–Trinajstić information content (AvgIpc) is 3.16. The fourth-order valence-corrected chi connectivity index (χ4v) is 3.43. The van der Waals surface area contributed by atoms with Crippen molar-refractivity contribution in [3.63, 3.8) is 0 Å². The summed E-state index contributed by atoms with van der Waals surface area (Å²) in [5.41, 5.74) is 4.15. The van der Waals surface area contributed by atoms with E-state index in [1.165, 1.54) is 18.5 Å². The normalized spacial score (nSPS) is 17.8. The molecule has 0 amide bonds. The van der Waals surface area contributed by atoms with Crippen molar-refractivity contribution in [2.24, 2.45) is 0 Å². The lowest BCUT2D eigenvalue weighted by Crippen LogP contribution is -2.22. The van der Waals surface area contributed by atoms with E-state index in [2.05, 4.69) is 11.0 Å². The monoisotopic (exact) mass is 327 g/mol. The van der Waals surface area contributed by atoms with Crippen molar-refractivity contribution >= 4 is 11.5 Å². The minimum absolute atomic E-state index is 0.194. The second-order valence-electron chi connectivity index (χ2n) is 6.17. The van der Waals surface area contributed by atoms with E-state index in [4.69, 9.17) is 9.47 Å². The van der Waals surface area contributed by atoms with Crippen LogP contribution in [-0.4, -0.2) is 37.7 Å². The number of esters is 1. The zero-order valence-corrected chi connectivity index (χ0v) is 14.5. The van der Waals surface area contributed by atoms with Crippen molar-refractivity contribution in [1.29, 1.82) is 0 Å². The third-order valence-corrected chi connectivity index (χ3v) is 4.70. The van der Waals surface area contributed by atoms with Crippen LogP contribution in [0, 0.1) is 0 Å². The van der Waals surface area contributed by atoms with Gasteiger partial charge in [-0.15, -0.1) is 0 Å². The fraction of sp³-hybridized carbons (Fsp3) is 0.450. The van der Waals surface area contributed by atoms with Gasteiger partial charge in [-0.3, -0.25) is 0 Å². The molecule has 24 heavy (non-hydrogen) atoms. The van der Waals surface area contributed by atoms with Crippen LogP contribution < -0.4 is 4.74 Å². The Labute approximate surface area is 143 Å². The number of ether oxygens (including phenoxy) is 2. The Hall–Kier alpha value is -2.23. The van der Waals surface area contributed by atoms with Crippen LogP contribution >= 0.6 is 0 Å². The third kappa shape index (κ3) is 3.48. The van der Waals surface area contributed by atoms with E-state index in [1.807, 2.05) is 31.2 Å². The molecule has 0 unspecified atom stereocenters. The lowest BCUT2D eigenvalue weighted by atomic mass is 9.90. The Morgan fingerprint density at radius 1 is 1.12 bits per heavy atom. The molecule has 0 bridgehead atoms. The molecule has 0 N–H and O–H groups in total. The molecule has 2 aliphatic rings. The van der Waals surface area contributed by atoms with Crippen molar-refractivity contribution in [3.8, 4) is 5.75 Å². The topological polar surface area (TPSA) is 38.8 Å². The van der Waals surface area contributed by atoms with Gasteiger partial charge < -0.3 is 14.4 Å². The van der Waals surface area contributed by atoms with E-state index in [0.717, 1.165) is 48.4 Å². The predicted octanol–water partition coefficient (Wildman–Crippen LogP) is 3.79. The molecule has 1 saturated heterocycles. The number of likely N-dealkylation sites (tertiary alicyclic amines) is 1. The second kappa shape index (κ2) is 7.56. The highest BCUT2D eigenvalue weighted by Gasteiger charge is 2.25. The highest BCUT2D eigenvalue weighted by Crippen LogP contribution is 2.34. The summed E-state index contributed by atoms with van der Waals surface area (Å²) in [5, 5.41) is 0. The zero-order chi connectivity index (χ0) is 16.9. The van der Waals surface area contributed by atoms with Crippen LogP contribution in [0.3, 0.4) is 0 Å². The molecule has 1 heterocycles. The summed E-state index contributed by atoms with van der Waals surface area (Å²) in [6.45, 7) is 4.49. The number of rotatable bonds is 5. The molecule has 0 atom stereocenters. The molecule has 1 aliphatic heterocycles. The summed E-state index contributed by atoms with van der Waals surface area (Å²) < 4.78 is 10.5. The van der Waals surface area contributed by atoms with Crippen LogP contribution in [0.2, 0.25) is 0 Å². The van der Waals surface area contributed by atoms with Gasteiger partial charge >= 0.3 is 5.97 Å². The first-order valence-corrected chi connectivity index (χ1v) is 8.73. The molecule has 0 radical (unpaired) electrons. The van der Waals surface area contributed by atoms with E-state index in [-0.39, 0.29) is 5.97 Å². The van der Waals surface area contributed by atoms with Crippen LogP contribution in [0.25, 0.3) is 5.57 Å². The van der Waals surface area contributed by atoms with Gasteiger partial charge in [-0.05, 0) is 62.0 Å². The van der Waals surface area contributed by atoms with Crippen LogP contribution in [-0.2, 0) is 9.53 Å². The van der Waals surface area contributed by atoms with Crippen molar-refractivity contribution in [2.45, 2.75) is 32.6 Å². The summed E-state index contributed by atoms with van der Waals surface area (Å²) in [6, 6.07) is 7.89. The molecular weight excluding hydrogens is 302 g/mol. The fourth-order valence-electron chi connectivity index (χ4n) is 3.43. The molecule has 1 aromatic carbocycles. The molecule has 4 heteroatoms.